The van der Waals surface area contributed by atoms with Crippen molar-refractivity contribution in [2.45, 2.75) is 62.4 Å². The number of halogens is 1. The second kappa shape index (κ2) is 10.2. The highest BCUT2D eigenvalue weighted by Gasteiger charge is 2.60. The maximum Gasteiger partial charge on any atom is 0.353 e. The quantitative estimate of drug-likeness (QED) is 0.260. The molecule has 8 atom stereocenters. The molecule has 38 heavy (non-hydrogen) atoms. The van der Waals surface area contributed by atoms with E-state index in [9.17, 15) is 28.7 Å². The zero-order chi connectivity index (χ0) is 27.3. The average molecular weight is 552 g/mol. The first-order chi connectivity index (χ1) is 18.1. The minimum atomic E-state index is -1.24. The number of aliphatic carboxylic acids is 1. The van der Waals surface area contributed by atoms with Crippen LogP contribution >= 0.6 is 11.8 Å². The van der Waals surface area contributed by atoms with Crippen molar-refractivity contribution in [2.75, 3.05) is 19.6 Å². The second-order valence-corrected chi connectivity index (χ2v) is 11.6. The van der Waals surface area contributed by atoms with Gasteiger partial charge in [0.15, 0.2) is 0 Å². The number of β-lactam (4-membered cyclic amide) rings is 1. The maximum atomic E-state index is 13.8. The van der Waals surface area contributed by atoms with E-state index in [0.29, 0.717) is 17.9 Å². The van der Waals surface area contributed by atoms with Crippen molar-refractivity contribution < 1.29 is 28.7 Å². The third-order valence-corrected chi connectivity index (χ3v) is 9.21. The molecule has 3 unspecified atom stereocenters. The zero-order valence-electron chi connectivity index (χ0n) is 20.9. The number of nitrogens with two attached hydrogens (primary N) is 1. The Bertz CT molecular complexity index is 1160. The summed E-state index contributed by atoms with van der Waals surface area (Å²) in [5.41, 5.74) is 5.67. The largest absolute Gasteiger partial charge is 0.477 e. The summed E-state index contributed by atoms with van der Waals surface area (Å²) in [6.45, 7) is 4.11. The number of aromatic nitrogens is 4. The van der Waals surface area contributed by atoms with Gasteiger partial charge in [-0.2, -0.15) is 0 Å². The second-order valence-electron chi connectivity index (χ2n) is 10.3. The Balaban J connectivity index is 1.23. The van der Waals surface area contributed by atoms with Gasteiger partial charge >= 0.3 is 5.97 Å². The number of likely N-dealkylation sites (tertiary alicyclic amines) is 1. The number of thioether (sulfide) groups is 1. The molecule has 1 aromatic heterocycles. The van der Waals surface area contributed by atoms with E-state index < -0.39 is 42.2 Å². The predicted octanol–water partition coefficient (Wildman–Crippen LogP) is -2.08. The van der Waals surface area contributed by atoms with Gasteiger partial charge in [0, 0.05) is 35.2 Å². The van der Waals surface area contributed by atoms with Gasteiger partial charge in [-0.25, -0.2) is 13.9 Å². The van der Waals surface area contributed by atoms with Gasteiger partial charge in [0.25, 0.3) is 0 Å². The molecular weight excluding hydrogens is 521 g/mol. The van der Waals surface area contributed by atoms with E-state index >= 15 is 0 Å². The van der Waals surface area contributed by atoms with Gasteiger partial charge in [-0.1, -0.05) is 6.92 Å². The first-order valence-corrected chi connectivity index (χ1v) is 13.3. The highest BCUT2D eigenvalue weighted by molar-refractivity contribution is 8.03. The molecule has 206 valence electrons. The number of alkyl halides is 1. The molecule has 16 heteroatoms. The molecule has 5 heterocycles. The van der Waals surface area contributed by atoms with Crippen LogP contribution in [0.5, 0.6) is 0 Å². The number of nitrogens with one attached hydrogen (secondary N) is 2. The van der Waals surface area contributed by atoms with Crippen LogP contribution in [0.3, 0.4) is 0 Å². The lowest BCUT2D eigenvalue weighted by molar-refractivity contribution is -0.158. The average Bonchev–Trinajstić information content (AvgIpc) is 3.63. The van der Waals surface area contributed by atoms with Crippen molar-refractivity contribution in [3.05, 3.63) is 16.9 Å². The number of hydrogen-bond donors (Lipinski definition) is 4. The van der Waals surface area contributed by atoms with Crippen LogP contribution in [0.2, 0.25) is 0 Å². The summed E-state index contributed by atoms with van der Waals surface area (Å²) in [5, 5.41) is 26.5. The van der Waals surface area contributed by atoms with Crippen LogP contribution in [0, 0.1) is 11.8 Å². The lowest BCUT2D eigenvalue weighted by atomic mass is 9.78. The Morgan fingerprint density at radius 3 is 2.76 bits per heavy atom. The van der Waals surface area contributed by atoms with Gasteiger partial charge in [-0.05, 0) is 23.8 Å². The Kier molecular flexibility index (Phi) is 7.13. The molecule has 0 saturated carbocycles. The molecular formula is C22H30FN9O5S. The minimum Gasteiger partial charge on any atom is -0.477 e. The third-order valence-electron chi connectivity index (χ3n) is 7.70. The molecule has 0 spiro atoms. The van der Waals surface area contributed by atoms with Crippen LogP contribution in [0.25, 0.3) is 0 Å². The highest BCUT2D eigenvalue weighted by Crippen LogP contribution is 2.51. The lowest BCUT2D eigenvalue weighted by Crippen LogP contribution is -2.66. The van der Waals surface area contributed by atoms with Gasteiger partial charge < -0.3 is 31.3 Å². The number of tetrazole rings is 1. The van der Waals surface area contributed by atoms with Gasteiger partial charge in [0.2, 0.25) is 17.7 Å². The Morgan fingerprint density at radius 2 is 2.13 bits per heavy atom. The summed E-state index contributed by atoms with van der Waals surface area (Å²) in [6, 6.07) is -2.12. The van der Waals surface area contributed by atoms with Crippen LogP contribution in [0.4, 0.5) is 4.39 Å². The fourth-order valence-corrected chi connectivity index (χ4v) is 7.31. The molecule has 3 amide bonds. The third kappa shape index (κ3) is 4.64. The van der Waals surface area contributed by atoms with E-state index in [2.05, 4.69) is 26.2 Å². The fraction of sp³-hybridized carbons (Fsp3) is 0.682. The molecule has 14 nitrogen and oxygen atoms in total. The van der Waals surface area contributed by atoms with E-state index in [1.807, 2.05) is 6.92 Å². The Labute approximate surface area is 221 Å². The zero-order valence-corrected chi connectivity index (χ0v) is 21.7. The molecule has 0 aliphatic carbocycles. The summed E-state index contributed by atoms with van der Waals surface area (Å²) in [6.07, 6.45) is 0.510. The SMILES string of the molecule is CC(NC(=O)Cn1cnnn1)[C@H]1C(=O)N2C(C(=O)O)=C(S[C@@H]3CN[C@H](C(=O)N4CC(N)C(F)C4)C3)[C@H](C)[C@H]12. The molecule has 4 aliphatic rings. The summed E-state index contributed by atoms with van der Waals surface area (Å²) in [7, 11) is 0. The number of amides is 3. The Morgan fingerprint density at radius 1 is 1.37 bits per heavy atom. The van der Waals surface area contributed by atoms with Crippen molar-refractivity contribution in [1.82, 2.24) is 40.6 Å². The topological polar surface area (TPSA) is 189 Å². The number of carboxylic acid groups (broad SMARTS) is 1. The maximum absolute atomic E-state index is 13.8. The van der Waals surface area contributed by atoms with E-state index in [1.165, 1.54) is 32.6 Å². The van der Waals surface area contributed by atoms with Crippen molar-refractivity contribution in [2.24, 2.45) is 17.6 Å². The molecule has 0 aromatic carbocycles. The van der Waals surface area contributed by atoms with Crippen LogP contribution in [-0.2, 0) is 25.7 Å². The summed E-state index contributed by atoms with van der Waals surface area (Å²) in [5.74, 6) is -2.98. The van der Waals surface area contributed by atoms with Crippen molar-refractivity contribution in [3.8, 4) is 0 Å². The summed E-state index contributed by atoms with van der Waals surface area (Å²) < 4.78 is 15.1. The van der Waals surface area contributed by atoms with E-state index in [1.54, 1.807) is 6.92 Å². The lowest BCUT2D eigenvalue weighted by Gasteiger charge is -2.47. The first kappa shape index (κ1) is 26.5. The molecule has 3 saturated heterocycles. The van der Waals surface area contributed by atoms with Crippen molar-refractivity contribution in [1.29, 1.82) is 0 Å². The van der Waals surface area contributed by atoms with Crippen LogP contribution < -0.4 is 16.4 Å². The number of fused-ring (bicyclic) bond motifs is 1. The number of carboxylic acids is 1. The fourth-order valence-electron chi connectivity index (χ4n) is 5.84. The molecule has 5 rings (SSSR count). The van der Waals surface area contributed by atoms with Crippen LogP contribution in [-0.4, -0.2) is 114 Å². The van der Waals surface area contributed by atoms with Crippen LogP contribution in [0.15, 0.2) is 16.9 Å². The molecule has 0 bridgehead atoms. The standard InChI is InChI=1S/C22H30FN9O5S/c1-9-17-16(10(2)27-15(33)7-31-8-26-28-29-31)21(35)32(17)18(22(36)37)19(9)38-11-3-14(25-4-11)20(34)30-5-12(23)13(24)6-30/h8-14,16-17,25H,3-7,24H2,1-2H3,(H,27,33)(H,36,37)/t9-,10?,11+,12?,13?,14+,16-,17-/m1/s1. The predicted molar refractivity (Wildman–Crippen MR) is 131 cm³/mol. The number of rotatable bonds is 8. The normalized spacial score (nSPS) is 33.4. The van der Waals surface area contributed by atoms with Crippen molar-refractivity contribution >= 4 is 35.5 Å². The van der Waals surface area contributed by atoms with Gasteiger partial charge in [-0.15, -0.1) is 16.9 Å². The van der Waals surface area contributed by atoms with Gasteiger partial charge in [0.1, 0.15) is 24.7 Å². The number of hydrogen-bond acceptors (Lipinski definition) is 10. The van der Waals surface area contributed by atoms with Crippen molar-refractivity contribution in [3.63, 3.8) is 0 Å². The minimum absolute atomic E-state index is 0.0219. The monoisotopic (exact) mass is 551 g/mol. The number of carbonyl (C=O) groups excluding carboxylic acids is 3. The number of carbonyl (C=O) groups is 4. The molecule has 1 aromatic rings. The summed E-state index contributed by atoms with van der Waals surface area (Å²) in [4.78, 5) is 53.9. The summed E-state index contributed by atoms with van der Waals surface area (Å²) >= 11 is 1.36. The van der Waals surface area contributed by atoms with E-state index in [-0.39, 0.29) is 54.2 Å². The highest BCUT2D eigenvalue weighted by atomic mass is 32.2. The number of nitrogens with zero attached hydrogens (tertiary/aromatic N) is 6. The van der Waals surface area contributed by atoms with E-state index in [0.717, 1.165) is 0 Å². The molecule has 3 fully saturated rings. The van der Waals surface area contributed by atoms with Crippen LogP contribution in [0.1, 0.15) is 20.3 Å². The Hall–Kier alpha value is -3.11. The molecule has 4 aliphatic heterocycles. The van der Waals surface area contributed by atoms with Gasteiger partial charge in [0.05, 0.1) is 30.6 Å². The molecule has 5 N–H and O–H groups in total. The van der Waals surface area contributed by atoms with E-state index in [4.69, 9.17) is 5.73 Å². The smallest absolute Gasteiger partial charge is 0.353 e. The first-order valence-electron chi connectivity index (χ1n) is 12.5. The van der Waals surface area contributed by atoms with Gasteiger partial charge in [-0.3, -0.25) is 14.4 Å². The molecule has 0 radical (unpaired) electrons.